The van der Waals surface area contributed by atoms with Crippen LogP contribution in [-0.4, -0.2) is 24.3 Å². The first-order valence-corrected chi connectivity index (χ1v) is 11.1. The van der Waals surface area contributed by atoms with E-state index < -0.39 is 0 Å². The van der Waals surface area contributed by atoms with E-state index in [4.69, 9.17) is 4.84 Å². The first-order valence-electron chi connectivity index (χ1n) is 10.1. The summed E-state index contributed by atoms with van der Waals surface area (Å²) in [6, 6.07) is 10.8. The van der Waals surface area contributed by atoms with Gasteiger partial charge in [-0.1, -0.05) is 30.0 Å². The van der Waals surface area contributed by atoms with Gasteiger partial charge in [0.25, 0.3) is 0 Å². The molecule has 150 valence electrons. The van der Waals surface area contributed by atoms with Gasteiger partial charge in [0.2, 0.25) is 0 Å². The van der Waals surface area contributed by atoms with E-state index in [2.05, 4.69) is 105 Å². The molecule has 0 saturated carbocycles. The van der Waals surface area contributed by atoms with Crippen molar-refractivity contribution in [3.8, 4) is 23.0 Å². The maximum atomic E-state index is 6.12. The van der Waals surface area contributed by atoms with Crippen LogP contribution in [0.15, 0.2) is 71.1 Å². The highest BCUT2D eigenvalue weighted by atomic mass is 32.1. The summed E-state index contributed by atoms with van der Waals surface area (Å²) < 4.78 is 0.508. The molecule has 0 N–H and O–H groups in total. The topological polar surface area (TPSA) is 9.23 Å². The van der Waals surface area contributed by atoms with E-state index in [-0.39, 0.29) is 5.41 Å². The second-order valence-electron chi connectivity index (χ2n) is 8.21. The molecule has 3 rings (SSSR count). The number of benzene rings is 1. The zero-order chi connectivity index (χ0) is 20.7. The van der Waals surface area contributed by atoms with Crippen molar-refractivity contribution in [1.82, 2.24) is 0 Å². The minimum Gasteiger partial charge on any atom is -0.193 e. The first-order chi connectivity index (χ1) is 13.9. The fraction of sp³-hybridized carbons (Fsp3) is 0.308. The van der Waals surface area contributed by atoms with Crippen LogP contribution in [0.5, 0.6) is 0 Å². The Hall–Kier alpha value is -2.38. The molecule has 1 aliphatic rings. The highest BCUT2D eigenvalue weighted by Crippen LogP contribution is 2.28. The summed E-state index contributed by atoms with van der Waals surface area (Å²) in [5.41, 5.74) is 4.94. The monoisotopic (exact) mass is 404 g/mol. The molecule has 1 aliphatic heterocycles. The van der Waals surface area contributed by atoms with Crippen LogP contribution in [0.3, 0.4) is 0 Å². The highest BCUT2D eigenvalue weighted by Gasteiger charge is 2.35. The molecule has 1 atom stereocenters. The zero-order valence-electron chi connectivity index (χ0n) is 17.8. The molecule has 0 spiro atoms. The lowest BCUT2D eigenvalue weighted by molar-refractivity contribution is -1.06. The predicted octanol–water partition coefficient (Wildman–Crippen LogP) is 6.70. The van der Waals surface area contributed by atoms with Crippen LogP contribution in [0.25, 0.3) is 17.2 Å². The van der Waals surface area contributed by atoms with Gasteiger partial charge in [0.05, 0.1) is 0 Å². The number of allylic oxidation sites excluding steroid dienone is 2. The van der Waals surface area contributed by atoms with Crippen molar-refractivity contribution < 1.29 is 9.48 Å². The van der Waals surface area contributed by atoms with E-state index in [9.17, 15) is 0 Å². The maximum Gasteiger partial charge on any atom is 0.164 e. The van der Waals surface area contributed by atoms with Gasteiger partial charge in [0.1, 0.15) is 19.7 Å². The van der Waals surface area contributed by atoms with Gasteiger partial charge in [-0.3, -0.25) is 0 Å². The van der Waals surface area contributed by atoms with Gasteiger partial charge in [0.15, 0.2) is 5.70 Å². The van der Waals surface area contributed by atoms with Crippen LogP contribution in [0.2, 0.25) is 0 Å². The number of hydrogen-bond donors (Lipinski definition) is 0. The molecule has 1 aromatic heterocycles. The van der Waals surface area contributed by atoms with Crippen molar-refractivity contribution in [3.05, 3.63) is 76.7 Å². The number of likely N-dealkylation sites (N-methyl/N-ethyl adjacent to an activating group) is 1. The lowest BCUT2D eigenvalue weighted by Gasteiger charge is -2.29. The second-order valence-corrected chi connectivity index (χ2v) is 8.99. The van der Waals surface area contributed by atoms with Crippen LogP contribution in [0.1, 0.15) is 33.3 Å². The predicted molar refractivity (Wildman–Crippen MR) is 125 cm³/mol. The molecular formula is C26H30NOS+. The molecule has 0 aliphatic carbocycles. The van der Waals surface area contributed by atoms with E-state index in [1.54, 1.807) is 11.3 Å². The molecule has 1 aromatic carbocycles. The summed E-state index contributed by atoms with van der Waals surface area (Å²) in [7, 11) is 0. The Bertz CT molecular complexity index is 964. The largest absolute Gasteiger partial charge is 0.193 e. The number of hydroxylamine groups is 3. The maximum absolute atomic E-state index is 6.12. The van der Waals surface area contributed by atoms with Crippen molar-refractivity contribution in [3.63, 3.8) is 0 Å². The molecule has 1 unspecified atom stereocenters. The van der Waals surface area contributed by atoms with Crippen molar-refractivity contribution >= 4 is 17.4 Å². The lowest BCUT2D eigenvalue weighted by atomic mass is 9.98. The zero-order valence-corrected chi connectivity index (χ0v) is 18.6. The van der Waals surface area contributed by atoms with Crippen LogP contribution in [0, 0.1) is 17.3 Å². The Morgan fingerprint density at radius 1 is 1.17 bits per heavy atom. The SMILES string of the molecule is CC[N+]1(C/C=C/C#CC(C)(C)C)OCC=C1/C=C/c1cccc(-c2ccsc2)c1. The summed E-state index contributed by atoms with van der Waals surface area (Å²) >= 11 is 1.73. The Morgan fingerprint density at radius 2 is 2.03 bits per heavy atom. The standard InChI is InChI=1S/C26H30NOS/c1-5-27(17-8-6-7-16-26(2,3)4)25(14-18-28-27)13-12-22-10-9-11-23(20-22)24-15-19-29-21-24/h6,8-15,19-21H,5,17-18H2,1-4H3/q+1/b8-6+,13-12+. The summed E-state index contributed by atoms with van der Waals surface area (Å²) in [4.78, 5) is 6.12. The van der Waals surface area contributed by atoms with E-state index in [1.807, 2.05) is 6.08 Å². The van der Waals surface area contributed by atoms with Crippen LogP contribution in [0.4, 0.5) is 0 Å². The summed E-state index contributed by atoms with van der Waals surface area (Å²) in [5.74, 6) is 6.39. The molecule has 2 nitrogen and oxygen atoms in total. The van der Waals surface area contributed by atoms with Gasteiger partial charge in [-0.2, -0.15) is 16.2 Å². The average molecular weight is 405 g/mol. The van der Waals surface area contributed by atoms with Crippen LogP contribution in [-0.2, 0) is 4.84 Å². The van der Waals surface area contributed by atoms with E-state index in [1.165, 1.54) is 22.4 Å². The molecular weight excluding hydrogens is 374 g/mol. The molecule has 0 radical (unpaired) electrons. The molecule has 29 heavy (non-hydrogen) atoms. The third-order valence-corrected chi connectivity index (χ3v) is 5.52. The normalized spacial score (nSPS) is 19.5. The van der Waals surface area contributed by atoms with Gasteiger partial charge in [0, 0.05) is 17.6 Å². The van der Waals surface area contributed by atoms with Crippen molar-refractivity contribution in [2.24, 2.45) is 5.41 Å². The number of quaternary nitrogens is 1. The molecule has 0 fully saturated rings. The van der Waals surface area contributed by atoms with Gasteiger partial charge in [-0.25, -0.2) is 0 Å². The van der Waals surface area contributed by atoms with E-state index >= 15 is 0 Å². The first kappa shape index (κ1) is 21.3. The van der Waals surface area contributed by atoms with Gasteiger partial charge in [-0.05, 0) is 85.5 Å². The molecule has 2 aromatic rings. The number of hydrogen-bond acceptors (Lipinski definition) is 2. The van der Waals surface area contributed by atoms with Crippen LogP contribution >= 0.6 is 11.3 Å². The van der Waals surface area contributed by atoms with Crippen molar-refractivity contribution in [2.75, 3.05) is 19.7 Å². The quantitative estimate of drug-likeness (QED) is 0.384. The third kappa shape index (κ3) is 5.81. The number of thiophene rings is 1. The smallest absolute Gasteiger partial charge is 0.164 e. The summed E-state index contributed by atoms with van der Waals surface area (Å²) in [6.45, 7) is 10.8. The fourth-order valence-electron chi connectivity index (χ4n) is 3.24. The van der Waals surface area contributed by atoms with Gasteiger partial charge >= 0.3 is 0 Å². The van der Waals surface area contributed by atoms with Crippen molar-refractivity contribution in [1.29, 1.82) is 0 Å². The number of rotatable bonds is 6. The van der Waals surface area contributed by atoms with Crippen LogP contribution < -0.4 is 0 Å². The molecule has 0 saturated heterocycles. The lowest BCUT2D eigenvalue weighted by Crippen LogP contribution is -2.43. The minimum atomic E-state index is 0.0247. The Morgan fingerprint density at radius 3 is 2.76 bits per heavy atom. The molecule has 2 heterocycles. The third-order valence-electron chi connectivity index (χ3n) is 4.83. The van der Waals surface area contributed by atoms with Crippen molar-refractivity contribution in [2.45, 2.75) is 27.7 Å². The average Bonchev–Trinajstić information content (AvgIpc) is 3.36. The Labute approximate surface area is 179 Å². The summed E-state index contributed by atoms with van der Waals surface area (Å²) in [6.07, 6.45) is 10.6. The fourth-order valence-corrected chi connectivity index (χ4v) is 3.91. The van der Waals surface area contributed by atoms with E-state index in [0.717, 1.165) is 13.1 Å². The van der Waals surface area contributed by atoms with Gasteiger partial charge in [-0.15, -0.1) is 4.65 Å². The van der Waals surface area contributed by atoms with E-state index in [0.29, 0.717) is 11.3 Å². The summed E-state index contributed by atoms with van der Waals surface area (Å²) in [5, 5.41) is 4.30. The molecule has 0 amide bonds. The second kappa shape index (κ2) is 9.41. The Kier molecular flexibility index (Phi) is 6.92. The molecule has 0 bridgehead atoms. The molecule has 3 heteroatoms. The minimum absolute atomic E-state index is 0.0247. The van der Waals surface area contributed by atoms with Gasteiger partial charge < -0.3 is 0 Å². The number of nitrogens with zero attached hydrogens (tertiary/aromatic N) is 1. The highest BCUT2D eigenvalue weighted by molar-refractivity contribution is 7.08. The Balaban J connectivity index is 1.73.